The number of rotatable bonds is 2. The molecule has 6 heteroatoms. The molecule has 0 heterocycles. The number of esters is 1. The van der Waals surface area contributed by atoms with Gasteiger partial charge < -0.3 is 9.84 Å². The van der Waals surface area contributed by atoms with Crippen molar-refractivity contribution in [1.29, 1.82) is 0 Å². The summed E-state index contributed by atoms with van der Waals surface area (Å²) in [6.45, 7) is 5.51. The third kappa shape index (κ3) is 2.95. The van der Waals surface area contributed by atoms with E-state index in [-0.39, 0.29) is 36.0 Å². The summed E-state index contributed by atoms with van der Waals surface area (Å²) in [6.07, 6.45) is 1.15. The zero-order valence-corrected chi connectivity index (χ0v) is 19.1. The monoisotopic (exact) mass is 456 g/mol. The maximum absolute atomic E-state index is 17.1. The molecule has 1 aromatic rings. The van der Waals surface area contributed by atoms with Gasteiger partial charge in [0.1, 0.15) is 12.3 Å². The topological polar surface area (TPSA) is 63.6 Å². The van der Waals surface area contributed by atoms with E-state index in [1.165, 1.54) is 18.2 Å². The van der Waals surface area contributed by atoms with Gasteiger partial charge in [-0.2, -0.15) is 0 Å². The second kappa shape index (κ2) is 7.33. The molecule has 9 atom stereocenters. The van der Waals surface area contributed by atoms with Crippen molar-refractivity contribution < 1.29 is 28.2 Å². The molecule has 0 amide bonds. The molecule has 0 aromatic heterocycles. The average molecular weight is 457 g/mol. The zero-order chi connectivity index (χ0) is 23.8. The van der Waals surface area contributed by atoms with Crippen molar-refractivity contribution in [3.63, 3.8) is 0 Å². The largest absolute Gasteiger partial charge is 0.458 e. The van der Waals surface area contributed by atoms with Crippen molar-refractivity contribution in [2.24, 2.45) is 28.6 Å². The van der Waals surface area contributed by atoms with Crippen LogP contribution in [0.5, 0.6) is 0 Å². The Hall–Kier alpha value is -2.34. The summed E-state index contributed by atoms with van der Waals surface area (Å²) in [5.41, 5.74) is -3.63. The van der Waals surface area contributed by atoms with Crippen molar-refractivity contribution in [1.82, 2.24) is 0 Å². The highest BCUT2D eigenvalue weighted by atomic mass is 19.1. The van der Waals surface area contributed by atoms with Gasteiger partial charge in [-0.1, -0.05) is 38.1 Å². The Morgan fingerprint density at radius 1 is 1.15 bits per heavy atom. The van der Waals surface area contributed by atoms with Gasteiger partial charge in [-0.05, 0) is 67.9 Å². The second-order valence-electron chi connectivity index (χ2n) is 10.9. The number of benzene rings is 1. The Labute approximate surface area is 192 Å². The van der Waals surface area contributed by atoms with E-state index in [0.29, 0.717) is 12.0 Å². The number of fused-ring (bicyclic) bond motifs is 5. The van der Waals surface area contributed by atoms with Gasteiger partial charge in [0.2, 0.25) is 0 Å². The summed E-state index contributed by atoms with van der Waals surface area (Å²) in [5.74, 6) is -1.89. The van der Waals surface area contributed by atoms with E-state index in [4.69, 9.17) is 4.74 Å². The van der Waals surface area contributed by atoms with Crippen LogP contribution in [0.25, 0.3) is 0 Å². The molecule has 0 spiro atoms. The van der Waals surface area contributed by atoms with Crippen LogP contribution in [0.15, 0.2) is 54.1 Å². The smallest absolute Gasteiger partial charge is 0.338 e. The molecule has 1 aromatic carbocycles. The van der Waals surface area contributed by atoms with Crippen LogP contribution in [-0.2, 0) is 9.53 Å². The van der Waals surface area contributed by atoms with E-state index in [1.807, 2.05) is 19.9 Å². The summed E-state index contributed by atoms with van der Waals surface area (Å²) in [5, 5.41) is 11.3. The molecule has 33 heavy (non-hydrogen) atoms. The Kier molecular flexibility index (Phi) is 4.99. The van der Waals surface area contributed by atoms with E-state index >= 15 is 8.78 Å². The molecule has 4 aliphatic rings. The zero-order valence-electron chi connectivity index (χ0n) is 19.1. The molecule has 4 nitrogen and oxygen atoms in total. The number of carbonyl (C=O) groups excluding carboxylic acids is 2. The number of halogens is 2. The number of ether oxygens (including phenoxy) is 1. The van der Waals surface area contributed by atoms with Gasteiger partial charge >= 0.3 is 5.97 Å². The predicted octanol–water partition coefficient (Wildman–Crippen LogP) is 4.78. The lowest BCUT2D eigenvalue weighted by Gasteiger charge is -2.62. The Morgan fingerprint density at radius 2 is 1.85 bits per heavy atom. The van der Waals surface area contributed by atoms with Crippen molar-refractivity contribution in [3.8, 4) is 0 Å². The lowest BCUT2D eigenvalue weighted by molar-refractivity contribution is -0.207. The third-order valence-corrected chi connectivity index (χ3v) is 9.10. The van der Waals surface area contributed by atoms with Gasteiger partial charge in [-0.3, -0.25) is 4.79 Å². The van der Waals surface area contributed by atoms with Crippen LogP contribution >= 0.6 is 0 Å². The lowest BCUT2D eigenvalue weighted by Crippen LogP contribution is -2.68. The summed E-state index contributed by atoms with van der Waals surface area (Å²) in [7, 11) is 0. The van der Waals surface area contributed by atoms with Gasteiger partial charge in [0.25, 0.3) is 0 Å². The van der Waals surface area contributed by atoms with Crippen molar-refractivity contribution in [2.45, 2.75) is 64.1 Å². The quantitative estimate of drug-likeness (QED) is 0.651. The van der Waals surface area contributed by atoms with Crippen LogP contribution < -0.4 is 0 Å². The molecular formula is C27H30F2O4. The number of hydrogen-bond acceptors (Lipinski definition) is 4. The molecule has 1 N–H and O–H groups in total. The fourth-order valence-electron chi connectivity index (χ4n) is 7.54. The molecule has 0 bridgehead atoms. The number of allylic oxidation sites excluding steroid dienone is 4. The number of hydrogen-bond donors (Lipinski definition) is 1. The Balaban J connectivity index is 1.51. The molecule has 5 rings (SSSR count). The SMILES string of the molecule is C[C@@H]1C[C@H]2[C@@H]3C[C@H](F)C4=CC(=O)C=C[C@]4(C)[C@@]3(F)[C@@H](O)C[C@]2(C)[C@H]1OC(=O)c1ccccc1. The van der Waals surface area contributed by atoms with Crippen LogP contribution in [-0.4, -0.2) is 40.9 Å². The molecule has 3 fully saturated rings. The summed E-state index contributed by atoms with van der Waals surface area (Å²) in [4.78, 5) is 24.8. The second-order valence-corrected chi connectivity index (χ2v) is 10.9. The van der Waals surface area contributed by atoms with Gasteiger partial charge in [-0.15, -0.1) is 0 Å². The summed E-state index contributed by atoms with van der Waals surface area (Å²) >= 11 is 0. The first-order chi connectivity index (χ1) is 15.5. The van der Waals surface area contributed by atoms with Gasteiger partial charge in [0, 0.05) is 16.7 Å². The van der Waals surface area contributed by atoms with Crippen LogP contribution in [0.3, 0.4) is 0 Å². The summed E-state index contributed by atoms with van der Waals surface area (Å²) in [6, 6.07) is 8.71. The number of ketones is 1. The van der Waals surface area contributed by atoms with Crippen molar-refractivity contribution in [2.75, 3.05) is 0 Å². The standard InChI is InChI=1S/C27H30F2O4/c1-15-11-18-19-13-21(28)20-12-17(30)9-10-26(20,3)27(19,29)22(31)14-25(18,2)23(15)33-24(32)16-7-5-4-6-8-16/h4-10,12,15,18-19,21-23,31H,11,13-14H2,1-3H3/t15-,18+,19+,21+,22+,23+,25+,26+,27+/m1/s1. The molecule has 0 unspecified atom stereocenters. The van der Waals surface area contributed by atoms with Crippen molar-refractivity contribution in [3.05, 3.63) is 59.7 Å². The highest BCUT2D eigenvalue weighted by Crippen LogP contribution is 2.69. The van der Waals surface area contributed by atoms with E-state index < -0.39 is 46.8 Å². The van der Waals surface area contributed by atoms with Crippen LogP contribution in [0.1, 0.15) is 50.4 Å². The third-order valence-electron chi connectivity index (χ3n) is 9.10. The molecule has 0 radical (unpaired) electrons. The van der Waals surface area contributed by atoms with Crippen LogP contribution in [0.4, 0.5) is 8.78 Å². The molecular weight excluding hydrogens is 426 g/mol. The Morgan fingerprint density at radius 3 is 2.55 bits per heavy atom. The lowest BCUT2D eigenvalue weighted by atomic mass is 9.45. The maximum atomic E-state index is 17.1. The normalized spacial score (nSPS) is 46.1. The number of aliphatic hydroxyl groups excluding tert-OH is 1. The highest BCUT2D eigenvalue weighted by molar-refractivity contribution is 6.01. The minimum Gasteiger partial charge on any atom is -0.458 e. The minimum absolute atomic E-state index is 0.0616. The van der Waals surface area contributed by atoms with Gasteiger partial charge in [0.15, 0.2) is 11.5 Å². The maximum Gasteiger partial charge on any atom is 0.338 e. The number of carbonyl (C=O) groups is 2. The van der Waals surface area contributed by atoms with Crippen LogP contribution in [0.2, 0.25) is 0 Å². The molecule has 4 aliphatic carbocycles. The van der Waals surface area contributed by atoms with Gasteiger partial charge in [-0.25, -0.2) is 13.6 Å². The first-order valence-corrected chi connectivity index (χ1v) is 11.7. The predicted molar refractivity (Wildman–Crippen MR) is 119 cm³/mol. The molecule has 0 saturated heterocycles. The minimum atomic E-state index is -2.11. The van der Waals surface area contributed by atoms with E-state index in [9.17, 15) is 14.7 Å². The Bertz CT molecular complexity index is 1050. The fourth-order valence-corrected chi connectivity index (χ4v) is 7.54. The van der Waals surface area contributed by atoms with E-state index in [2.05, 4.69) is 0 Å². The first-order valence-electron chi connectivity index (χ1n) is 11.7. The molecule has 0 aliphatic heterocycles. The van der Waals surface area contributed by atoms with Crippen LogP contribution in [0, 0.1) is 28.6 Å². The number of aliphatic hydroxyl groups is 1. The highest BCUT2D eigenvalue weighted by Gasteiger charge is 2.73. The van der Waals surface area contributed by atoms with E-state index in [0.717, 1.165) is 0 Å². The van der Waals surface area contributed by atoms with Crippen molar-refractivity contribution >= 4 is 11.8 Å². The first kappa shape index (κ1) is 22.5. The fraction of sp³-hybridized carbons (Fsp3) is 0.556. The average Bonchev–Trinajstić information content (AvgIpc) is 3.02. The van der Waals surface area contributed by atoms with Gasteiger partial charge in [0.05, 0.1) is 11.7 Å². The molecule has 3 saturated carbocycles. The van der Waals surface area contributed by atoms with E-state index in [1.54, 1.807) is 31.2 Å². The molecule has 176 valence electrons. The number of alkyl halides is 2. The summed E-state index contributed by atoms with van der Waals surface area (Å²) < 4.78 is 38.5.